The van der Waals surface area contributed by atoms with E-state index in [4.69, 9.17) is 5.41 Å². The van der Waals surface area contributed by atoms with Crippen LogP contribution in [0.15, 0.2) is 47.2 Å². The summed E-state index contributed by atoms with van der Waals surface area (Å²) in [6, 6.07) is 5.24. The summed E-state index contributed by atoms with van der Waals surface area (Å²) < 4.78 is 0. The minimum atomic E-state index is -0.226. The third kappa shape index (κ3) is 5.01. The number of amides is 1. The van der Waals surface area contributed by atoms with Gasteiger partial charge in [-0.2, -0.15) is 5.10 Å². The predicted octanol–water partition coefficient (Wildman–Crippen LogP) is 3.27. The standard InChI is InChI=1S/C16H17N3O2.C2H5N/c1-4-10(2)14-8-15(21)16-12(9-17-19-14)6-5-7-13(16)18-11(3)20;1-2-3/h5-9,19H,2,4H2,1,3H3,(H,18,20);2-3H,1H3/b14-8+,17-9+;. The fourth-order valence-electron chi connectivity index (χ4n) is 2.03. The number of hydrazone groups is 1. The van der Waals surface area contributed by atoms with Gasteiger partial charge in [-0.1, -0.05) is 25.6 Å². The highest BCUT2D eigenvalue weighted by molar-refractivity contribution is 6.15. The number of allylic oxidation sites excluding steroid dienone is 2. The van der Waals surface area contributed by atoms with Crippen molar-refractivity contribution in [3.05, 3.63) is 53.3 Å². The molecule has 1 aromatic rings. The van der Waals surface area contributed by atoms with Crippen molar-refractivity contribution in [3.8, 4) is 0 Å². The molecule has 2 rings (SSSR count). The van der Waals surface area contributed by atoms with Crippen molar-refractivity contribution in [1.82, 2.24) is 5.43 Å². The van der Waals surface area contributed by atoms with Gasteiger partial charge in [0.1, 0.15) is 0 Å². The van der Waals surface area contributed by atoms with Crippen LogP contribution in [0.4, 0.5) is 5.69 Å². The van der Waals surface area contributed by atoms with Crippen LogP contribution in [0.2, 0.25) is 0 Å². The van der Waals surface area contributed by atoms with E-state index in [2.05, 4.69) is 22.4 Å². The van der Waals surface area contributed by atoms with Crippen molar-refractivity contribution in [2.24, 2.45) is 5.10 Å². The fourth-order valence-corrected chi connectivity index (χ4v) is 2.03. The van der Waals surface area contributed by atoms with Gasteiger partial charge in [0.2, 0.25) is 5.91 Å². The Morgan fingerprint density at radius 2 is 2.12 bits per heavy atom. The van der Waals surface area contributed by atoms with Crippen molar-refractivity contribution in [2.45, 2.75) is 27.2 Å². The molecule has 1 amide bonds. The molecule has 6 heteroatoms. The molecule has 0 spiro atoms. The molecule has 1 aliphatic rings. The zero-order valence-electron chi connectivity index (χ0n) is 14.1. The number of nitrogens with zero attached hydrogens (tertiary/aromatic N) is 1. The van der Waals surface area contributed by atoms with Gasteiger partial charge in [0, 0.05) is 18.6 Å². The molecule has 0 radical (unpaired) electrons. The Morgan fingerprint density at radius 3 is 2.71 bits per heavy atom. The Hall–Kier alpha value is -3.02. The third-order valence-corrected chi connectivity index (χ3v) is 3.13. The van der Waals surface area contributed by atoms with Gasteiger partial charge in [-0.15, -0.1) is 0 Å². The van der Waals surface area contributed by atoms with Crippen LogP contribution in [0.25, 0.3) is 0 Å². The molecular formula is C18H22N4O2. The van der Waals surface area contributed by atoms with Gasteiger partial charge >= 0.3 is 0 Å². The Kier molecular flexibility index (Phi) is 7.29. The highest BCUT2D eigenvalue weighted by Gasteiger charge is 2.17. The van der Waals surface area contributed by atoms with Gasteiger partial charge in [0.25, 0.3) is 0 Å². The number of nitrogens with one attached hydrogen (secondary N) is 3. The maximum Gasteiger partial charge on any atom is 0.221 e. The van der Waals surface area contributed by atoms with Gasteiger partial charge in [-0.3, -0.25) is 15.0 Å². The molecule has 0 aliphatic carbocycles. The number of hydrogen-bond donors (Lipinski definition) is 3. The maximum absolute atomic E-state index is 12.5. The van der Waals surface area contributed by atoms with Crippen LogP contribution in [0.1, 0.15) is 43.1 Å². The second-order valence-corrected chi connectivity index (χ2v) is 4.99. The molecule has 0 unspecified atom stereocenters. The van der Waals surface area contributed by atoms with E-state index in [9.17, 15) is 9.59 Å². The molecule has 0 bridgehead atoms. The van der Waals surface area contributed by atoms with Crippen LogP contribution < -0.4 is 10.7 Å². The summed E-state index contributed by atoms with van der Waals surface area (Å²) in [5.41, 5.74) is 5.77. The average molecular weight is 326 g/mol. The van der Waals surface area contributed by atoms with Crippen LogP contribution in [0, 0.1) is 5.41 Å². The maximum atomic E-state index is 12.5. The quantitative estimate of drug-likeness (QED) is 0.744. The first-order valence-electron chi connectivity index (χ1n) is 7.53. The Morgan fingerprint density at radius 1 is 1.46 bits per heavy atom. The molecule has 126 valence electrons. The SMILES string of the molecule is C=C(CC)/C1=C\C(=O)c2c(cccc2NC(C)=O)/C=N/N1.CC=N. The number of benzene rings is 1. The largest absolute Gasteiger partial charge is 0.326 e. The third-order valence-electron chi connectivity index (χ3n) is 3.13. The zero-order valence-corrected chi connectivity index (χ0v) is 14.1. The summed E-state index contributed by atoms with van der Waals surface area (Å²) in [4.78, 5) is 23.8. The molecule has 0 fully saturated rings. The van der Waals surface area contributed by atoms with E-state index in [1.54, 1.807) is 31.3 Å². The molecule has 1 aliphatic heterocycles. The minimum Gasteiger partial charge on any atom is -0.326 e. The molecule has 24 heavy (non-hydrogen) atoms. The van der Waals surface area contributed by atoms with E-state index in [-0.39, 0.29) is 11.7 Å². The predicted molar refractivity (Wildman–Crippen MR) is 97.8 cm³/mol. The lowest BCUT2D eigenvalue weighted by atomic mass is 9.99. The molecule has 1 heterocycles. The van der Waals surface area contributed by atoms with Crippen molar-refractivity contribution < 1.29 is 9.59 Å². The minimum absolute atomic E-state index is 0.197. The van der Waals surface area contributed by atoms with Gasteiger partial charge in [0.15, 0.2) is 5.78 Å². The summed E-state index contributed by atoms with van der Waals surface area (Å²) in [7, 11) is 0. The molecule has 1 aromatic carbocycles. The summed E-state index contributed by atoms with van der Waals surface area (Å²) >= 11 is 0. The van der Waals surface area contributed by atoms with Crippen LogP contribution >= 0.6 is 0 Å². The van der Waals surface area contributed by atoms with E-state index in [0.29, 0.717) is 28.9 Å². The summed E-state index contributed by atoms with van der Waals surface area (Å²) in [6.45, 7) is 8.93. The lowest BCUT2D eigenvalue weighted by Gasteiger charge is -2.15. The molecule has 3 N–H and O–H groups in total. The number of anilines is 1. The number of rotatable bonds is 3. The highest BCUT2D eigenvalue weighted by atomic mass is 16.1. The van der Waals surface area contributed by atoms with Gasteiger partial charge in [-0.25, -0.2) is 0 Å². The molecule has 0 aromatic heterocycles. The summed E-state index contributed by atoms with van der Waals surface area (Å²) in [5, 5.41) is 12.9. The van der Waals surface area contributed by atoms with Crippen molar-refractivity contribution in [3.63, 3.8) is 0 Å². The van der Waals surface area contributed by atoms with Crippen molar-refractivity contribution in [1.29, 1.82) is 5.41 Å². The number of hydrogen-bond acceptors (Lipinski definition) is 5. The Balaban J connectivity index is 0.000000891. The Labute approximate surface area is 141 Å². The zero-order chi connectivity index (χ0) is 18.1. The number of carbonyl (C=O) groups is 2. The molecule has 0 saturated heterocycles. The van der Waals surface area contributed by atoms with E-state index in [0.717, 1.165) is 5.57 Å². The molecule has 6 nitrogen and oxygen atoms in total. The van der Waals surface area contributed by atoms with Gasteiger partial charge in [-0.05, 0) is 31.2 Å². The second-order valence-electron chi connectivity index (χ2n) is 4.99. The van der Waals surface area contributed by atoms with E-state index in [1.807, 2.05) is 6.92 Å². The first-order valence-corrected chi connectivity index (χ1v) is 7.53. The van der Waals surface area contributed by atoms with E-state index in [1.165, 1.54) is 19.2 Å². The lowest BCUT2D eigenvalue weighted by Crippen LogP contribution is -2.17. The van der Waals surface area contributed by atoms with E-state index >= 15 is 0 Å². The molecule has 0 atom stereocenters. The van der Waals surface area contributed by atoms with Crippen molar-refractivity contribution >= 4 is 29.8 Å². The lowest BCUT2D eigenvalue weighted by molar-refractivity contribution is -0.114. The van der Waals surface area contributed by atoms with Crippen LogP contribution in [0.5, 0.6) is 0 Å². The highest BCUT2D eigenvalue weighted by Crippen LogP contribution is 2.23. The summed E-state index contributed by atoms with van der Waals surface area (Å²) in [6.07, 6.45) is 4.99. The molecular weight excluding hydrogens is 304 g/mol. The monoisotopic (exact) mass is 326 g/mol. The number of fused-ring (bicyclic) bond motifs is 1. The first kappa shape index (κ1) is 19.0. The van der Waals surface area contributed by atoms with Crippen LogP contribution in [-0.2, 0) is 4.79 Å². The van der Waals surface area contributed by atoms with Crippen molar-refractivity contribution in [2.75, 3.05) is 5.32 Å². The van der Waals surface area contributed by atoms with Gasteiger partial charge < -0.3 is 10.7 Å². The van der Waals surface area contributed by atoms with E-state index < -0.39 is 0 Å². The summed E-state index contributed by atoms with van der Waals surface area (Å²) in [5.74, 6) is -0.423. The second kappa shape index (κ2) is 9.19. The number of carbonyl (C=O) groups excluding carboxylic acids is 2. The fraction of sp³-hybridized carbons (Fsp3) is 0.222. The Bertz CT molecular complexity index is 718. The average Bonchev–Trinajstić information content (AvgIpc) is 2.51. The molecule has 0 saturated carbocycles. The van der Waals surface area contributed by atoms with Gasteiger partial charge in [0.05, 0.1) is 23.2 Å². The topological polar surface area (TPSA) is 94.4 Å². The normalized spacial score (nSPS) is 15.8. The van der Waals surface area contributed by atoms with Crippen LogP contribution in [-0.4, -0.2) is 24.1 Å². The smallest absolute Gasteiger partial charge is 0.221 e. The van der Waals surface area contributed by atoms with Crippen LogP contribution in [0.3, 0.4) is 0 Å². The number of ketones is 1. The first-order chi connectivity index (χ1) is 11.4.